The van der Waals surface area contributed by atoms with Crippen LogP contribution in [0.5, 0.6) is 0 Å². The highest BCUT2D eigenvalue weighted by Gasteiger charge is 2.24. The highest BCUT2D eigenvalue weighted by molar-refractivity contribution is 6.77. The molecule has 1 aliphatic heterocycles. The predicted octanol–water partition coefficient (Wildman–Crippen LogP) is 2.00. The summed E-state index contributed by atoms with van der Waals surface area (Å²) in [4.78, 5) is 0. The Morgan fingerprint density at radius 1 is 1.40 bits per heavy atom. The molecule has 3 nitrogen and oxygen atoms in total. The average molecular weight is 248 g/mol. The van der Waals surface area contributed by atoms with Gasteiger partial charge in [-0.1, -0.05) is 0 Å². The molecule has 1 aliphatic rings. The summed E-state index contributed by atoms with van der Waals surface area (Å²) in [6, 6.07) is 1.21. The standard InChI is InChI=1S/C10H24O3Si2/c1-14(2)13-15(3,4)7-5-6-11-8-10-9-12-10/h10,14H,5-9H2,1-4H3/t10-/m0/s1. The van der Waals surface area contributed by atoms with Crippen LogP contribution in [0.15, 0.2) is 0 Å². The maximum atomic E-state index is 6.08. The molecule has 0 radical (unpaired) electrons. The molecule has 0 aliphatic carbocycles. The van der Waals surface area contributed by atoms with Crippen molar-refractivity contribution in [2.75, 3.05) is 19.8 Å². The van der Waals surface area contributed by atoms with Crippen molar-refractivity contribution in [3.8, 4) is 0 Å². The molecule has 0 N–H and O–H groups in total. The maximum Gasteiger partial charge on any atom is 0.173 e. The molecule has 1 atom stereocenters. The topological polar surface area (TPSA) is 31.0 Å². The van der Waals surface area contributed by atoms with Gasteiger partial charge in [-0.05, 0) is 38.7 Å². The highest BCUT2D eigenvalue weighted by Crippen LogP contribution is 2.15. The van der Waals surface area contributed by atoms with Crippen LogP contribution >= 0.6 is 0 Å². The molecule has 5 heteroatoms. The Hall–Kier alpha value is 0.314. The van der Waals surface area contributed by atoms with Crippen LogP contribution in [0, 0.1) is 0 Å². The normalized spacial score (nSPS) is 21.0. The lowest BCUT2D eigenvalue weighted by molar-refractivity contribution is 0.116. The van der Waals surface area contributed by atoms with Gasteiger partial charge in [0.25, 0.3) is 0 Å². The van der Waals surface area contributed by atoms with Crippen LogP contribution in [0.1, 0.15) is 6.42 Å². The van der Waals surface area contributed by atoms with E-state index in [-0.39, 0.29) is 0 Å². The molecule has 0 amide bonds. The maximum absolute atomic E-state index is 6.08. The molecule has 0 bridgehead atoms. The number of rotatable bonds is 8. The molecule has 1 rings (SSSR count). The van der Waals surface area contributed by atoms with Gasteiger partial charge < -0.3 is 13.6 Å². The van der Waals surface area contributed by atoms with Crippen molar-refractivity contribution in [2.24, 2.45) is 0 Å². The Bertz CT molecular complexity index is 182. The highest BCUT2D eigenvalue weighted by atomic mass is 28.4. The Morgan fingerprint density at radius 2 is 2.07 bits per heavy atom. The van der Waals surface area contributed by atoms with Crippen molar-refractivity contribution in [1.29, 1.82) is 0 Å². The molecular weight excluding hydrogens is 224 g/mol. The van der Waals surface area contributed by atoms with Crippen molar-refractivity contribution in [2.45, 2.75) is 44.8 Å². The van der Waals surface area contributed by atoms with E-state index < -0.39 is 17.4 Å². The number of ether oxygens (including phenoxy) is 2. The van der Waals surface area contributed by atoms with Crippen LogP contribution in [-0.2, 0) is 13.6 Å². The lowest BCUT2D eigenvalue weighted by atomic mass is 10.5. The average Bonchev–Trinajstić information content (AvgIpc) is 2.84. The molecule has 90 valence electrons. The first-order valence-corrected chi connectivity index (χ1v) is 11.8. The molecule has 0 aromatic carbocycles. The van der Waals surface area contributed by atoms with E-state index in [1.54, 1.807) is 0 Å². The van der Waals surface area contributed by atoms with Gasteiger partial charge >= 0.3 is 0 Å². The van der Waals surface area contributed by atoms with E-state index in [1.807, 2.05) is 0 Å². The smallest absolute Gasteiger partial charge is 0.173 e. The van der Waals surface area contributed by atoms with Gasteiger partial charge in [0.2, 0.25) is 0 Å². The summed E-state index contributed by atoms with van der Waals surface area (Å²) in [7, 11) is -2.24. The summed E-state index contributed by atoms with van der Waals surface area (Å²) < 4.78 is 16.7. The summed E-state index contributed by atoms with van der Waals surface area (Å²) in [5.74, 6) is 0. The molecule has 0 aromatic rings. The Kier molecular flexibility index (Phi) is 5.48. The van der Waals surface area contributed by atoms with Crippen molar-refractivity contribution in [1.82, 2.24) is 0 Å². The second-order valence-electron chi connectivity index (χ2n) is 5.06. The van der Waals surface area contributed by atoms with E-state index in [0.717, 1.165) is 26.2 Å². The Labute approximate surface area is 96.0 Å². The van der Waals surface area contributed by atoms with Crippen LogP contribution in [0.4, 0.5) is 0 Å². The van der Waals surface area contributed by atoms with Crippen molar-refractivity contribution < 1.29 is 13.6 Å². The number of hydrogen-bond donors (Lipinski definition) is 0. The first-order chi connectivity index (χ1) is 6.99. The third kappa shape index (κ3) is 7.24. The van der Waals surface area contributed by atoms with Gasteiger partial charge in [-0.25, -0.2) is 0 Å². The van der Waals surface area contributed by atoms with Gasteiger partial charge in [0, 0.05) is 6.61 Å². The minimum atomic E-state index is -1.38. The minimum Gasteiger partial charge on any atom is -0.458 e. The molecule has 1 saturated heterocycles. The molecule has 15 heavy (non-hydrogen) atoms. The first-order valence-electron chi connectivity index (χ1n) is 5.87. The Balaban J connectivity index is 1.96. The van der Waals surface area contributed by atoms with Gasteiger partial charge in [0.05, 0.1) is 13.2 Å². The van der Waals surface area contributed by atoms with Crippen molar-refractivity contribution in [3.63, 3.8) is 0 Å². The van der Waals surface area contributed by atoms with E-state index in [1.165, 1.54) is 6.04 Å². The zero-order valence-corrected chi connectivity index (χ0v) is 12.6. The molecular formula is C10H24O3Si2. The molecule has 0 aromatic heterocycles. The van der Waals surface area contributed by atoms with E-state index in [9.17, 15) is 0 Å². The van der Waals surface area contributed by atoms with E-state index in [2.05, 4.69) is 26.2 Å². The van der Waals surface area contributed by atoms with E-state index in [4.69, 9.17) is 13.6 Å². The van der Waals surface area contributed by atoms with Crippen LogP contribution in [0.25, 0.3) is 0 Å². The summed E-state index contributed by atoms with van der Waals surface area (Å²) in [6.45, 7) is 11.6. The fraction of sp³-hybridized carbons (Fsp3) is 1.00. The molecule has 0 spiro atoms. The van der Waals surface area contributed by atoms with Gasteiger partial charge in [-0.3, -0.25) is 0 Å². The third-order valence-electron chi connectivity index (χ3n) is 2.33. The number of hydrogen-bond acceptors (Lipinski definition) is 3. The van der Waals surface area contributed by atoms with Gasteiger partial charge in [-0.15, -0.1) is 0 Å². The molecule has 1 heterocycles. The summed E-state index contributed by atoms with van der Waals surface area (Å²) in [5.41, 5.74) is 0. The second-order valence-corrected chi connectivity index (χ2v) is 12.1. The van der Waals surface area contributed by atoms with Crippen molar-refractivity contribution >= 4 is 17.4 Å². The van der Waals surface area contributed by atoms with Crippen LogP contribution in [0.3, 0.4) is 0 Å². The third-order valence-corrected chi connectivity index (χ3v) is 8.32. The largest absolute Gasteiger partial charge is 0.458 e. The summed E-state index contributed by atoms with van der Waals surface area (Å²) >= 11 is 0. The molecule has 0 unspecified atom stereocenters. The van der Waals surface area contributed by atoms with Gasteiger partial charge in [0.15, 0.2) is 17.4 Å². The SMILES string of the molecule is C[SiH](C)O[Si](C)(C)CCCOC[C@H]1CO1. The summed E-state index contributed by atoms with van der Waals surface area (Å²) in [5, 5.41) is 0. The van der Waals surface area contributed by atoms with Gasteiger partial charge in [0.1, 0.15) is 6.10 Å². The van der Waals surface area contributed by atoms with E-state index in [0.29, 0.717) is 6.10 Å². The van der Waals surface area contributed by atoms with Crippen LogP contribution < -0.4 is 0 Å². The lowest BCUT2D eigenvalue weighted by Crippen LogP contribution is -2.35. The predicted molar refractivity (Wildman–Crippen MR) is 67.4 cm³/mol. The zero-order chi connectivity index (χ0) is 11.3. The van der Waals surface area contributed by atoms with E-state index >= 15 is 0 Å². The fourth-order valence-electron chi connectivity index (χ4n) is 1.68. The fourth-order valence-corrected chi connectivity index (χ4v) is 8.25. The monoisotopic (exact) mass is 248 g/mol. The van der Waals surface area contributed by atoms with Crippen molar-refractivity contribution in [3.05, 3.63) is 0 Å². The zero-order valence-electron chi connectivity index (χ0n) is 10.4. The molecule has 0 saturated carbocycles. The van der Waals surface area contributed by atoms with Crippen LogP contribution in [-0.4, -0.2) is 43.3 Å². The summed E-state index contributed by atoms with van der Waals surface area (Å²) in [6.07, 6.45) is 1.53. The Morgan fingerprint density at radius 3 is 2.60 bits per heavy atom. The van der Waals surface area contributed by atoms with Gasteiger partial charge in [-0.2, -0.15) is 0 Å². The van der Waals surface area contributed by atoms with Crippen LogP contribution in [0.2, 0.25) is 32.2 Å². The first kappa shape index (κ1) is 13.4. The second kappa shape index (κ2) is 6.15. The molecule has 1 fully saturated rings. The quantitative estimate of drug-likeness (QED) is 0.374. The lowest BCUT2D eigenvalue weighted by Gasteiger charge is -2.25. The minimum absolute atomic E-state index is 0.398. The number of epoxide rings is 1.